The zero-order valence-electron chi connectivity index (χ0n) is 13.2. The fourth-order valence-electron chi connectivity index (χ4n) is 2.59. The summed E-state index contributed by atoms with van der Waals surface area (Å²) in [5.74, 6) is 1.26. The van der Waals surface area contributed by atoms with Crippen LogP contribution in [0, 0.1) is 0 Å². The highest BCUT2D eigenvalue weighted by atomic mass is 16.5. The third-order valence-corrected chi connectivity index (χ3v) is 3.79. The summed E-state index contributed by atoms with van der Waals surface area (Å²) in [7, 11) is 3.18. The zero-order valence-corrected chi connectivity index (χ0v) is 13.2. The van der Waals surface area contributed by atoms with E-state index in [0.717, 1.165) is 12.0 Å². The standard InChI is InChI=1S/C16H22N2O4/c1-11(13-9-12(21-2)6-7-14(13)22-3)17-15(19)10-18-8-4-5-16(18)20/h6-7,9,11H,4-5,8,10H2,1-3H3,(H,17,19)/t11-/m0/s1. The average molecular weight is 306 g/mol. The molecule has 1 saturated heterocycles. The lowest BCUT2D eigenvalue weighted by Crippen LogP contribution is -2.38. The number of likely N-dealkylation sites (tertiary alicyclic amines) is 1. The number of amides is 2. The summed E-state index contributed by atoms with van der Waals surface area (Å²) in [5, 5.41) is 2.90. The number of methoxy groups -OCH3 is 2. The number of nitrogens with zero attached hydrogens (tertiary/aromatic N) is 1. The maximum absolute atomic E-state index is 12.1. The molecule has 120 valence electrons. The molecule has 22 heavy (non-hydrogen) atoms. The van der Waals surface area contributed by atoms with Gasteiger partial charge in [-0.15, -0.1) is 0 Å². The average Bonchev–Trinajstić information content (AvgIpc) is 2.91. The Balaban J connectivity index is 2.03. The molecule has 0 radical (unpaired) electrons. The quantitative estimate of drug-likeness (QED) is 0.865. The first-order valence-electron chi connectivity index (χ1n) is 7.34. The Morgan fingerprint density at radius 1 is 1.36 bits per heavy atom. The topological polar surface area (TPSA) is 67.9 Å². The van der Waals surface area contributed by atoms with E-state index < -0.39 is 0 Å². The van der Waals surface area contributed by atoms with Crippen molar-refractivity contribution in [2.24, 2.45) is 0 Å². The van der Waals surface area contributed by atoms with Gasteiger partial charge in [0.25, 0.3) is 0 Å². The molecule has 1 atom stereocenters. The smallest absolute Gasteiger partial charge is 0.240 e. The van der Waals surface area contributed by atoms with Gasteiger partial charge >= 0.3 is 0 Å². The number of carbonyl (C=O) groups excluding carboxylic acids is 2. The minimum atomic E-state index is -0.241. The van der Waals surface area contributed by atoms with Crippen LogP contribution in [-0.4, -0.2) is 44.0 Å². The molecule has 1 aliphatic heterocycles. The van der Waals surface area contributed by atoms with Crippen molar-refractivity contribution in [1.82, 2.24) is 10.2 Å². The fourth-order valence-corrected chi connectivity index (χ4v) is 2.59. The van der Waals surface area contributed by atoms with Gasteiger partial charge in [0, 0.05) is 18.5 Å². The zero-order chi connectivity index (χ0) is 16.1. The molecule has 2 rings (SSSR count). The Morgan fingerprint density at radius 2 is 2.14 bits per heavy atom. The normalized spacial score (nSPS) is 15.6. The van der Waals surface area contributed by atoms with Gasteiger partial charge in [-0.25, -0.2) is 0 Å². The van der Waals surface area contributed by atoms with E-state index in [0.29, 0.717) is 24.5 Å². The highest BCUT2D eigenvalue weighted by molar-refractivity contribution is 5.86. The molecular formula is C16H22N2O4. The summed E-state index contributed by atoms with van der Waals surface area (Å²) in [4.78, 5) is 25.3. The van der Waals surface area contributed by atoms with Gasteiger partial charge in [-0.2, -0.15) is 0 Å². The van der Waals surface area contributed by atoms with E-state index in [2.05, 4.69) is 5.32 Å². The van der Waals surface area contributed by atoms with E-state index in [4.69, 9.17) is 9.47 Å². The summed E-state index contributed by atoms with van der Waals surface area (Å²) >= 11 is 0. The summed E-state index contributed by atoms with van der Waals surface area (Å²) in [6.45, 7) is 2.64. The number of nitrogens with one attached hydrogen (secondary N) is 1. The number of rotatable bonds is 6. The number of carbonyl (C=O) groups is 2. The molecule has 1 aromatic rings. The van der Waals surface area contributed by atoms with Crippen molar-refractivity contribution in [3.63, 3.8) is 0 Å². The van der Waals surface area contributed by atoms with Crippen LogP contribution in [0.1, 0.15) is 31.4 Å². The SMILES string of the molecule is COc1ccc(OC)c([C@H](C)NC(=O)CN2CCCC2=O)c1. The van der Waals surface area contributed by atoms with Crippen molar-refractivity contribution in [1.29, 1.82) is 0 Å². The van der Waals surface area contributed by atoms with Crippen LogP contribution in [0.5, 0.6) is 11.5 Å². The lowest BCUT2D eigenvalue weighted by Gasteiger charge is -2.20. The van der Waals surface area contributed by atoms with Crippen molar-refractivity contribution in [2.45, 2.75) is 25.8 Å². The molecular weight excluding hydrogens is 284 g/mol. The first-order valence-corrected chi connectivity index (χ1v) is 7.34. The van der Waals surface area contributed by atoms with Crippen LogP contribution in [0.3, 0.4) is 0 Å². The molecule has 1 aliphatic rings. The van der Waals surface area contributed by atoms with Crippen LogP contribution < -0.4 is 14.8 Å². The molecule has 1 aromatic carbocycles. The second kappa shape index (κ2) is 7.15. The third-order valence-electron chi connectivity index (χ3n) is 3.79. The van der Waals surface area contributed by atoms with Gasteiger partial charge in [-0.05, 0) is 31.5 Å². The molecule has 0 saturated carbocycles. The number of hydrogen-bond donors (Lipinski definition) is 1. The van der Waals surface area contributed by atoms with E-state index in [9.17, 15) is 9.59 Å². The second-order valence-corrected chi connectivity index (χ2v) is 5.32. The van der Waals surface area contributed by atoms with Crippen LogP contribution in [-0.2, 0) is 9.59 Å². The molecule has 0 spiro atoms. The van der Waals surface area contributed by atoms with Crippen molar-refractivity contribution in [3.05, 3.63) is 23.8 Å². The predicted molar refractivity (Wildman–Crippen MR) is 81.9 cm³/mol. The summed E-state index contributed by atoms with van der Waals surface area (Å²) in [5.41, 5.74) is 0.836. The van der Waals surface area contributed by atoms with Crippen LogP contribution in [0.15, 0.2) is 18.2 Å². The lowest BCUT2D eigenvalue weighted by atomic mass is 10.1. The molecule has 0 unspecified atom stereocenters. The summed E-state index contributed by atoms with van der Waals surface area (Å²) in [6.07, 6.45) is 1.36. The maximum Gasteiger partial charge on any atom is 0.240 e. The summed E-state index contributed by atoms with van der Waals surface area (Å²) in [6, 6.07) is 5.21. The first-order chi connectivity index (χ1) is 10.5. The highest BCUT2D eigenvalue weighted by Gasteiger charge is 2.23. The molecule has 0 aromatic heterocycles. The lowest BCUT2D eigenvalue weighted by molar-refractivity contribution is -0.133. The molecule has 2 amide bonds. The van der Waals surface area contributed by atoms with Gasteiger partial charge in [0.2, 0.25) is 11.8 Å². The Labute approximate surface area is 130 Å². The number of ether oxygens (including phenoxy) is 2. The van der Waals surface area contributed by atoms with Gasteiger partial charge < -0.3 is 19.7 Å². The highest BCUT2D eigenvalue weighted by Crippen LogP contribution is 2.29. The second-order valence-electron chi connectivity index (χ2n) is 5.32. The molecule has 6 heteroatoms. The number of hydrogen-bond acceptors (Lipinski definition) is 4. The molecule has 1 heterocycles. The van der Waals surface area contributed by atoms with E-state index >= 15 is 0 Å². The van der Waals surface area contributed by atoms with E-state index in [1.807, 2.05) is 13.0 Å². The van der Waals surface area contributed by atoms with Gasteiger partial charge in [0.05, 0.1) is 26.8 Å². The van der Waals surface area contributed by atoms with Gasteiger partial charge in [-0.3, -0.25) is 9.59 Å². The minimum absolute atomic E-state index is 0.0433. The van der Waals surface area contributed by atoms with Crippen molar-refractivity contribution in [3.8, 4) is 11.5 Å². The Hall–Kier alpha value is -2.24. The Kier molecular flexibility index (Phi) is 5.25. The monoisotopic (exact) mass is 306 g/mol. The van der Waals surface area contributed by atoms with Crippen molar-refractivity contribution < 1.29 is 19.1 Å². The molecule has 6 nitrogen and oxygen atoms in total. The first kappa shape index (κ1) is 16.1. The molecule has 1 fully saturated rings. The molecule has 0 bridgehead atoms. The Bertz CT molecular complexity index is 559. The van der Waals surface area contributed by atoms with Gasteiger partial charge in [0.15, 0.2) is 0 Å². The van der Waals surface area contributed by atoms with E-state index in [1.54, 1.807) is 31.3 Å². The van der Waals surface area contributed by atoms with Gasteiger partial charge in [0.1, 0.15) is 11.5 Å². The maximum atomic E-state index is 12.1. The number of benzene rings is 1. The van der Waals surface area contributed by atoms with Crippen molar-refractivity contribution in [2.75, 3.05) is 27.3 Å². The van der Waals surface area contributed by atoms with Crippen LogP contribution in [0.4, 0.5) is 0 Å². The largest absolute Gasteiger partial charge is 0.497 e. The van der Waals surface area contributed by atoms with Crippen LogP contribution in [0.2, 0.25) is 0 Å². The fraction of sp³-hybridized carbons (Fsp3) is 0.500. The Morgan fingerprint density at radius 3 is 2.73 bits per heavy atom. The van der Waals surface area contributed by atoms with E-state index in [-0.39, 0.29) is 24.4 Å². The predicted octanol–water partition coefficient (Wildman–Crippen LogP) is 1.50. The summed E-state index contributed by atoms with van der Waals surface area (Å²) < 4.78 is 10.5. The van der Waals surface area contributed by atoms with Gasteiger partial charge in [-0.1, -0.05) is 0 Å². The minimum Gasteiger partial charge on any atom is -0.497 e. The van der Waals surface area contributed by atoms with Crippen LogP contribution in [0.25, 0.3) is 0 Å². The van der Waals surface area contributed by atoms with Crippen LogP contribution >= 0.6 is 0 Å². The third kappa shape index (κ3) is 3.69. The molecule has 1 N–H and O–H groups in total. The van der Waals surface area contributed by atoms with Crippen molar-refractivity contribution >= 4 is 11.8 Å². The van der Waals surface area contributed by atoms with E-state index in [1.165, 1.54) is 0 Å². The molecule has 0 aliphatic carbocycles.